The van der Waals surface area contributed by atoms with E-state index in [0.717, 1.165) is 13.8 Å². The van der Waals surface area contributed by atoms with E-state index in [9.17, 15) is 39.6 Å². The Balaban J connectivity index is 5.18. The molecule has 0 aliphatic carbocycles. The summed E-state index contributed by atoms with van der Waals surface area (Å²) in [4.78, 5) is 46.7. The van der Waals surface area contributed by atoms with Crippen molar-refractivity contribution < 1.29 is 44.3 Å². The molecule has 132 valence electrons. The molecule has 0 spiro atoms. The Morgan fingerprint density at radius 2 is 1.35 bits per heavy atom. The van der Waals surface area contributed by atoms with Crippen LogP contribution in [0.1, 0.15) is 27.2 Å². The van der Waals surface area contributed by atoms with Crippen LogP contribution in [0.15, 0.2) is 0 Å². The van der Waals surface area contributed by atoms with Gasteiger partial charge in [-0.2, -0.15) is 0 Å². The minimum Gasteiger partial charge on any atom is -0.464 e. The van der Waals surface area contributed by atoms with Gasteiger partial charge in [-0.15, -0.1) is 0 Å². The summed E-state index contributed by atoms with van der Waals surface area (Å²) in [6.45, 7) is 3.53. The van der Waals surface area contributed by atoms with Crippen molar-refractivity contribution in [1.29, 1.82) is 0 Å². The van der Waals surface area contributed by atoms with Crippen LogP contribution in [-0.2, 0) is 23.9 Å². The molecule has 0 saturated carbocycles. The molecule has 0 fully saturated rings. The maximum absolute atomic E-state index is 11.9. The molecule has 0 amide bonds. The molecule has 4 N–H and O–H groups in total. The first-order valence-electron chi connectivity index (χ1n) is 7.03. The summed E-state index contributed by atoms with van der Waals surface area (Å²) >= 11 is 0. The van der Waals surface area contributed by atoms with E-state index in [1.807, 2.05) is 0 Å². The highest BCUT2D eigenvalue weighted by molar-refractivity contribution is 6.10. The van der Waals surface area contributed by atoms with Gasteiger partial charge < -0.3 is 25.2 Å². The number of aliphatic hydroxyl groups is 4. The quantitative estimate of drug-likeness (QED) is 0.255. The van der Waals surface area contributed by atoms with E-state index in [-0.39, 0.29) is 6.61 Å². The van der Waals surface area contributed by atoms with Gasteiger partial charge in [0.15, 0.2) is 23.5 Å². The van der Waals surface area contributed by atoms with Crippen molar-refractivity contribution in [3.05, 3.63) is 0 Å². The van der Waals surface area contributed by atoms with Gasteiger partial charge in [-0.3, -0.25) is 14.4 Å². The molecule has 9 nitrogen and oxygen atoms in total. The number of aliphatic hydroxyl groups excluding tert-OH is 4. The highest BCUT2D eigenvalue weighted by atomic mass is 16.5. The summed E-state index contributed by atoms with van der Waals surface area (Å²) in [7, 11) is 0. The molecule has 0 aliphatic rings. The molecule has 0 rings (SSSR count). The maximum Gasteiger partial charge on any atom is 0.335 e. The molecule has 0 aromatic rings. The van der Waals surface area contributed by atoms with Crippen LogP contribution < -0.4 is 0 Å². The third-order valence-electron chi connectivity index (χ3n) is 3.04. The Morgan fingerprint density at radius 1 is 0.913 bits per heavy atom. The van der Waals surface area contributed by atoms with Gasteiger partial charge in [0.2, 0.25) is 0 Å². The second-order valence-electron chi connectivity index (χ2n) is 5.02. The lowest BCUT2D eigenvalue weighted by Crippen LogP contribution is -2.47. The third-order valence-corrected chi connectivity index (χ3v) is 3.04. The van der Waals surface area contributed by atoms with Crippen molar-refractivity contribution in [2.75, 3.05) is 6.61 Å². The Labute approximate surface area is 132 Å². The fourth-order valence-electron chi connectivity index (χ4n) is 1.79. The van der Waals surface area contributed by atoms with Crippen LogP contribution in [0.2, 0.25) is 0 Å². The smallest absolute Gasteiger partial charge is 0.335 e. The fraction of sp³-hybridized carbons (Fsp3) is 0.714. The Kier molecular flexibility index (Phi) is 8.77. The summed E-state index contributed by atoms with van der Waals surface area (Å²) in [5.41, 5.74) is 0. The number of Topliss-reactive ketones (excluding diaryl/α,β-unsaturated/α-hetero) is 3. The van der Waals surface area contributed by atoms with Crippen LogP contribution in [0.4, 0.5) is 0 Å². The lowest BCUT2D eigenvalue weighted by molar-refractivity contribution is -0.157. The van der Waals surface area contributed by atoms with E-state index >= 15 is 0 Å². The highest BCUT2D eigenvalue weighted by Crippen LogP contribution is 2.16. The average Bonchev–Trinajstić information content (AvgIpc) is 2.46. The van der Waals surface area contributed by atoms with Crippen molar-refractivity contribution in [2.45, 2.75) is 51.6 Å². The maximum atomic E-state index is 11.9. The van der Waals surface area contributed by atoms with Crippen LogP contribution in [-0.4, -0.2) is 74.8 Å². The predicted octanol–water partition coefficient (Wildman–Crippen LogP) is -2.25. The summed E-state index contributed by atoms with van der Waals surface area (Å²) in [5.74, 6) is -6.55. The van der Waals surface area contributed by atoms with Gasteiger partial charge in [0, 0.05) is 6.42 Å². The monoisotopic (exact) mass is 334 g/mol. The molecule has 0 bridgehead atoms. The molecule has 0 aromatic heterocycles. The van der Waals surface area contributed by atoms with Crippen molar-refractivity contribution in [2.24, 2.45) is 5.92 Å². The standard InChI is InChI=1S/C14H22O9/c1-4-23-14(22)9(18)5-8(17)13(21)10(11(19)6(2)15)12(20)7(3)16/h6-7,9-10,13,15-16,18,21H,4-5H2,1-3H3. The summed E-state index contributed by atoms with van der Waals surface area (Å²) < 4.78 is 4.48. The number of rotatable bonds is 10. The van der Waals surface area contributed by atoms with E-state index in [2.05, 4.69) is 4.74 Å². The second-order valence-corrected chi connectivity index (χ2v) is 5.02. The number of esters is 1. The zero-order valence-corrected chi connectivity index (χ0v) is 13.1. The molecule has 0 aliphatic heterocycles. The topological polar surface area (TPSA) is 158 Å². The molecule has 4 atom stereocenters. The van der Waals surface area contributed by atoms with Gasteiger partial charge in [0.1, 0.15) is 24.2 Å². The number of carbonyl (C=O) groups excluding carboxylic acids is 4. The lowest BCUT2D eigenvalue weighted by Gasteiger charge is -2.22. The first-order chi connectivity index (χ1) is 10.5. The first-order valence-corrected chi connectivity index (χ1v) is 7.03. The highest BCUT2D eigenvalue weighted by Gasteiger charge is 2.41. The van der Waals surface area contributed by atoms with E-state index in [1.54, 1.807) is 0 Å². The van der Waals surface area contributed by atoms with E-state index in [1.165, 1.54) is 6.92 Å². The number of hydrogen-bond acceptors (Lipinski definition) is 9. The SMILES string of the molecule is CCOC(=O)C(O)CC(=O)C(O)C(C(=O)C(C)O)C(=O)C(C)O. The zero-order valence-electron chi connectivity index (χ0n) is 13.1. The fourth-order valence-corrected chi connectivity index (χ4v) is 1.79. The minimum atomic E-state index is -2.21. The van der Waals surface area contributed by atoms with Crippen molar-refractivity contribution in [3.8, 4) is 0 Å². The molecule has 0 radical (unpaired) electrons. The normalized spacial score (nSPS) is 17.5. The van der Waals surface area contributed by atoms with E-state index in [0.29, 0.717) is 0 Å². The van der Waals surface area contributed by atoms with Crippen molar-refractivity contribution in [1.82, 2.24) is 0 Å². The van der Waals surface area contributed by atoms with Crippen LogP contribution in [0.25, 0.3) is 0 Å². The lowest BCUT2D eigenvalue weighted by atomic mass is 9.85. The Hall–Kier alpha value is -1.68. The van der Waals surface area contributed by atoms with Gasteiger partial charge >= 0.3 is 5.97 Å². The Bertz CT molecular complexity index is 435. The van der Waals surface area contributed by atoms with E-state index < -0.39 is 60.1 Å². The third kappa shape index (κ3) is 6.14. The summed E-state index contributed by atoms with van der Waals surface area (Å²) in [5, 5.41) is 37.9. The number of carbonyl (C=O) groups is 4. The minimum absolute atomic E-state index is 0.0315. The first kappa shape index (κ1) is 21.3. The molecular formula is C14H22O9. The van der Waals surface area contributed by atoms with Gasteiger partial charge in [-0.1, -0.05) is 0 Å². The Morgan fingerprint density at radius 3 is 1.70 bits per heavy atom. The van der Waals surface area contributed by atoms with Crippen LogP contribution >= 0.6 is 0 Å². The predicted molar refractivity (Wildman–Crippen MR) is 75.1 cm³/mol. The van der Waals surface area contributed by atoms with Gasteiger partial charge in [0.25, 0.3) is 0 Å². The number of ether oxygens (including phenoxy) is 1. The van der Waals surface area contributed by atoms with Crippen LogP contribution in [0.5, 0.6) is 0 Å². The molecule has 9 heteroatoms. The van der Waals surface area contributed by atoms with Crippen LogP contribution in [0.3, 0.4) is 0 Å². The number of ketones is 3. The molecular weight excluding hydrogens is 312 g/mol. The summed E-state index contributed by atoms with van der Waals surface area (Å²) in [6.07, 6.45) is -8.25. The second kappa shape index (κ2) is 9.46. The molecule has 23 heavy (non-hydrogen) atoms. The number of hydrogen-bond donors (Lipinski definition) is 4. The van der Waals surface area contributed by atoms with Gasteiger partial charge in [-0.25, -0.2) is 4.79 Å². The van der Waals surface area contributed by atoms with Gasteiger partial charge in [-0.05, 0) is 20.8 Å². The van der Waals surface area contributed by atoms with Crippen molar-refractivity contribution >= 4 is 23.3 Å². The average molecular weight is 334 g/mol. The molecule has 4 unspecified atom stereocenters. The van der Waals surface area contributed by atoms with E-state index in [4.69, 9.17) is 0 Å². The zero-order chi connectivity index (χ0) is 18.3. The van der Waals surface area contributed by atoms with Crippen LogP contribution in [0, 0.1) is 5.92 Å². The molecule has 0 aromatic carbocycles. The van der Waals surface area contributed by atoms with Gasteiger partial charge in [0.05, 0.1) is 6.61 Å². The molecule has 0 saturated heterocycles. The summed E-state index contributed by atoms with van der Waals surface area (Å²) in [6, 6.07) is 0. The largest absolute Gasteiger partial charge is 0.464 e. The molecule has 0 heterocycles. The van der Waals surface area contributed by atoms with Crippen molar-refractivity contribution in [3.63, 3.8) is 0 Å².